The lowest BCUT2D eigenvalue weighted by Crippen LogP contribution is -2.36. The second-order valence-corrected chi connectivity index (χ2v) is 5.88. The van der Waals surface area contributed by atoms with E-state index in [2.05, 4.69) is 0 Å². The minimum Gasteiger partial charge on any atom is -0.493 e. The lowest BCUT2D eigenvalue weighted by molar-refractivity contribution is -0.137. The Bertz CT molecular complexity index is 495. The highest BCUT2D eigenvalue weighted by Crippen LogP contribution is 2.29. The van der Waals surface area contributed by atoms with Crippen LogP contribution < -0.4 is 9.47 Å². The lowest BCUT2D eigenvalue weighted by atomic mass is 9.88. The molecule has 122 valence electrons. The first-order chi connectivity index (χ1) is 10.7. The van der Waals surface area contributed by atoms with Crippen molar-refractivity contribution < 1.29 is 14.3 Å². The lowest BCUT2D eigenvalue weighted by Gasteiger charge is -2.28. The van der Waals surface area contributed by atoms with E-state index in [1.807, 2.05) is 30.0 Å². The maximum absolute atomic E-state index is 12.7. The molecule has 0 heterocycles. The molecule has 0 radical (unpaired) electrons. The first-order valence-electron chi connectivity index (χ1n) is 8.19. The standard InChI is InChI=1S/C18H27NO3/c1-4-19(18(20)15-8-6-5-7-9-15)13-14-10-11-16(21-2)17(12-14)22-3/h10-12,15H,4-9,13H2,1-3H3. The molecule has 0 unspecified atom stereocenters. The van der Waals surface area contributed by atoms with Crippen LogP contribution in [0.1, 0.15) is 44.6 Å². The molecule has 1 aliphatic rings. The van der Waals surface area contributed by atoms with Crippen LogP contribution in [-0.2, 0) is 11.3 Å². The van der Waals surface area contributed by atoms with Gasteiger partial charge in [0, 0.05) is 19.0 Å². The summed E-state index contributed by atoms with van der Waals surface area (Å²) in [6, 6.07) is 5.85. The average molecular weight is 305 g/mol. The molecule has 22 heavy (non-hydrogen) atoms. The van der Waals surface area contributed by atoms with Crippen molar-refractivity contribution >= 4 is 5.91 Å². The average Bonchev–Trinajstić information content (AvgIpc) is 2.59. The van der Waals surface area contributed by atoms with Crippen molar-refractivity contribution in [1.82, 2.24) is 4.90 Å². The number of amides is 1. The monoisotopic (exact) mass is 305 g/mol. The zero-order chi connectivity index (χ0) is 15.9. The Balaban J connectivity index is 2.07. The molecule has 1 aromatic rings. The molecule has 1 aliphatic carbocycles. The summed E-state index contributed by atoms with van der Waals surface area (Å²) in [5.74, 6) is 1.94. The molecule has 1 fully saturated rings. The first-order valence-corrected chi connectivity index (χ1v) is 8.19. The van der Waals surface area contributed by atoms with E-state index in [4.69, 9.17) is 9.47 Å². The van der Waals surface area contributed by atoms with Gasteiger partial charge in [-0.25, -0.2) is 0 Å². The van der Waals surface area contributed by atoms with Crippen molar-refractivity contribution in [2.24, 2.45) is 5.92 Å². The minimum atomic E-state index is 0.217. The molecule has 2 rings (SSSR count). The van der Waals surface area contributed by atoms with Gasteiger partial charge in [0.15, 0.2) is 11.5 Å². The highest BCUT2D eigenvalue weighted by atomic mass is 16.5. The zero-order valence-electron chi connectivity index (χ0n) is 13.9. The van der Waals surface area contributed by atoms with Gasteiger partial charge in [0.05, 0.1) is 14.2 Å². The van der Waals surface area contributed by atoms with E-state index in [9.17, 15) is 4.79 Å². The van der Waals surface area contributed by atoms with Crippen LogP contribution in [0, 0.1) is 5.92 Å². The summed E-state index contributed by atoms with van der Waals surface area (Å²) in [6.45, 7) is 3.41. The highest BCUT2D eigenvalue weighted by molar-refractivity contribution is 5.78. The largest absolute Gasteiger partial charge is 0.493 e. The maximum Gasteiger partial charge on any atom is 0.225 e. The number of nitrogens with zero attached hydrogens (tertiary/aromatic N) is 1. The molecule has 0 spiro atoms. The minimum absolute atomic E-state index is 0.217. The molecule has 0 N–H and O–H groups in total. The number of hydrogen-bond donors (Lipinski definition) is 0. The number of ether oxygens (including phenoxy) is 2. The number of benzene rings is 1. The summed E-state index contributed by atoms with van der Waals surface area (Å²) < 4.78 is 10.6. The van der Waals surface area contributed by atoms with Gasteiger partial charge in [-0.1, -0.05) is 25.3 Å². The van der Waals surface area contributed by atoms with Crippen LogP contribution in [-0.4, -0.2) is 31.6 Å². The van der Waals surface area contributed by atoms with Crippen molar-refractivity contribution in [1.29, 1.82) is 0 Å². The SMILES string of the molecule is CCN(Cc1ccc(OC)c(OC)c1)C(=O)C1CCCCC1. The van der Waals surface area contributed by atoms with Crippen LogP contribution in [0.2, 0.25) is 0 Å². The fraction of sp³-hybridized carbons (Fsp3) is 0.611. The van der Waals surface area contributed by atoms with Crippen molar-refractivity contribution in [3.8, 4) is 11.5 Å². The van der Waals surface area contributed by atoms with Crippen molar-refractivity contribution in [2.75, 3.05) is 20.8 Å². The van der Waals surface area contributed by atoms with Crippen molar-refractivity contribution in [3.63, 3.8) is 0 Å². The predicted molar refractivity (Wildman–Crippen MR) is 87.2 cm³/mol. The van der Waals surface area contributed by atoms with E-state index in [1.54, 1.807) is 14.2 Å². The number of carbonyl (C=O) groups excluding carboxylic acids is 1. The number of rotatable bonds is 6. The van der Waals surface area contributed by atoms with Crippen LogP contribution in [0.15, 0.2) is 18.2 Å². The van der Waals surface area contributed by atoms with Gasteiger partial charge in [0.25, 0.3) is 0 Å². The van der Waals surface area contributed by atoms with Gasteiger partial charge in [-0.05, 0) is 37.5 Å². The second-order valence-electron chi connectivity index (χ2n) is 5.88. The van der Waals surface area contributed by atoms with Crippen LogP contribution in [0.5, 0.6) is 11.5 Å². The van der Waals surface area contributed by atoms with Crippen LogP contribution in [0.3, 0.4) is 0 Å². The van der Waals surface area contributed by atoms with E-state index in [0.717, 1.165) is 24.9 Å². The van der Waals surface area contributed by atoms with Gasteiger partial charge < -0.3 is 14.4 Å². The highest BCUT2D eigenvalue weighted by Gasteiger charge is 2.25. The Morgan fingerprint density at radius 1 is 1.14 bits per heavy atom. The topological polar surface area (TPSA) is 38.8 Å². The molecule has 1 amide bonds. The molecule has 1 aromatic carbocycles. The van der Waals surface area contributed by atoms with Crippen LogP contribution in [0.4, 0.5) is 0 Å². The molecular formula is C18H27NO3. The Hall–Kier alpha value is -1.71. The summed E-state index contributed by atoms with van der Waals surface area (Å²) >= 11 is 0. The Labute approximate surface area is 133 Å². The molecule has 0 aliphatic heterocycles. The zero-order valence-corrected chi connectivity index (χ0v) is 13.9. The second kappa shape index (κ2) is 8.06. The van der Waals surface area contributed by atoms with Gasteiger partial charge >= 0.3 is 0 Å². The van der Waals surface area contributed by atoms with E-state index in [-0.39, 0.29) is 5.92 Å². The van der Waals surface area contributed by atoms with E-state index in [0.29, 0.717) is 24.0 Å². The van der Waals surface area contributed by atoms with Gasteiger partial charge in [-0.3, -0.25) is 4.79 Å². The summed E-state index contributed by atoms with van der Waals surface area (Å²) in [4.78, 5) is 14.6. The third-order valence-electron chi connectivity index (χ3n) is 4.47. The number of carbonyl (C=O) groups is 1. The van der Waals surface area contributed by atoms with Crippen molar-refractivity contribution in [2.45, 2.75) is 45.6 Å². The van der Waals surface area contributed by atoms with Gasteiger partial charge in [-0.2, -0.15) is 0 Å². The van der Waals surface area contributed by atoms with Crippen LogP contribution in [0.25, 0.3) is 0 Å². The molecular weight excluding hydrogens is 278 g/mol. The summed E-state index contributed by atoms with van der Waals surface area (Å²) in [6.07, 6.45) is 5.72. The molecule has 0 aromatic heterocycles. The Morgan fingerprint density at radius 2 is 1.82 bits per heavy atom. The summed E-state index contributed by atoms with van der Waals surface area (Å²) in [5, 5.41) is 0. The van der Waals surface area contributed by atoms with Crippen molar-refractivity contribution in [3.05, 3.63) is 23.8 Å². The fourth-order valence-corrected chi connectivity index (χ4v) is 3.15. The molecule has 0 bridgehead atoms. The van der Waals surface area contributed by atoms with E-state index >= 15 is 0 Å². The normalized spacial score (nSPS) is 15.4. The Kier molecular flexibility index (Phi) is 6.10. The number of hydrogen-bond acceptors (Lipinski definition) is 3. The fourth-order valence-electron chi connectivity index (χ4n) is 3.15. The van der Waals surface area contributed by atoms with Crippen LogP contribution >= 0.6 is 0 Å². The number of methoxy groups -OCH3 is 2. The van der Waals surface area contributed by atoms with Gasteiger partial charge in [-0.15, -0.1) is 0 Å². The third-order valence-corrected chi connectivity index (χ3v) is 4.47. The van der Waals surface area contributed by atoms with E-state index < -0.39 is 0 Å². The maximum atomic E-state index is 12.7. The third kappa shape index (κ3) is 3.93. The van der Waals surface area contributed by atoms with Gasteiger partial charge in [0.2, 0.25) is 5.91 Å². The quantitative estimate of drug-likeness (QED) is 0.805. The molecule has 1 saturated carbocycles. The predicted octanol–water partition coefficient (Wildman–Crippen LogP) is 3.63. The molecule has 0 atom stereocenters. The van der Waals surface area contributed by atoms with E-state index in [1.165, 1.54) is 19.3 Å². The van der Waals surface area contributed by atoms with Gasteiger partial charge in [0.1, 0.15) is 0 Å². The Morgan fingerprint density at radius 3 is 2.41 bits per heavy atom. The molecule has 0 saturated heterocycles. The molecule has 4 nitrogen and oxygen atoms in total. The smallest absolute Gasteiger partial charge is 0.225 e. The molecule has 4 heteroatoms. The summed E-state index contributed by atoms with van der Waals surface area (Å²) in [5.41, 5.74) is 1.07. The summed E-state index contributed by atoms with van der Waals surface area (Å²) in [7, 11) is 3.26. The first kappa shape index (κ1) is 16.7.